The van der Waals surface area contributed by atoms with Crippen molar-refractivity contribution in [2.45, 2.75) is 6.92 Å². The molecule has 0 aromatic carbocycles. The minimum absolute atomic E-state index is 0.0469. The minimum atomic E-state index is 0.0469. The van der Waals surface area contributed by atoms with E-state index in [1.165, 1.54) is 0 Å². The lowest BCUT2D eigenvalue weighted by atomic mass is 10.0. The minimum Gasteiger partial charge on any atom is -0.335 e. The number of likely N-dealkylation sites (tertiary alicyclic amines) is 1. The van der Waals surface area contributed by atoms with Gasteiger partial charge in [0.2, 0.25) is 0 Å². The average molecular weight is 179 g/mol. The first-order chi connectivity index (χ1) is 6.18. The first kappa shape index (κ1) is 8.29. The van der Waals surface area contributed by atoms with E-state index in [2.05, 4.69) is 11.9 Å². The summed E-state index contributed by atoms with van der Waals surface area (Å²) in [6, 6.07) is 0. The van der Waals surface area contributed by atoms with Gasteiger partial charge in [0, 0.05) is 32.5 Å². The summed E-state index contributed by atoms with van der Waals surface area (Å²) in [7, 11) is 1.84. The molecule has 0 unspecified atom stereocenters. The molecule has 0 bridgehead atoms. The van der Waals surface area contributed by atoms with Crippen LogP contribution >= 0.6 is 0 Å². The third kappa shape index (κ3) is 1.32. The van der Waals surface area contributed by atoms with Crippen molar-refractivity contribution in [1.82, 2.24) is 14.5 Å². The number of aryl methyl sites for hydroxylation is 1. The lowest BCUT2D eigenvalue weighted by Crippen LogP contribution is -2.49. The maximum atomic E-state index is 11.7. The second-order valence-corrected chi connectivity index (χ2v) is 3.68. The Kier molecular flexibility index (Phi) is 1.83. The van der Waals surface area contributed by atoms with Gasteiger partial charge in [-0.15, -0.1) is 0 Å². The molecule has 1 aliphatic heterocycles. The maximum Gasteiger partial charge on any atom is 0.289 e. The molecule has 1 saturated heterocycles. The van der Waals surface area contributed by atoms with Gasteiger partial charge in [0.1, 0.15) is 0 Å². The SMILES string of the molecule is CC1CN(C(=O)c2nccn2C)C1. The van der Waals surface area contributed by atoms with Gasteiger partial charge in [-0.05, 0) is 5.92 Å². The van der Waals surface area contributed by atoms with Gasteiger partial charge in [-0.25, -0.2) is 4.98 Å². The number of nitrogens with zero attached hydrogens (tertiary/aromatic N) is 3. The van der Waals surface area contributed by atoms with Crippen molar-refractivity contribution in [2.24, 2.45) is 13.0 Å². The largest absolute Gasteiger partial charge is 0.335 e. The molecule has 0 N–H and O–H groups in total. The van der Waals surface area contributed by atoms with Crippen LogP contribution in [0.4, 0.5) is 0 Å². The van der Waals surface area contributed by atoms with Crippen LogP contribution in [0.15, 0.2) is 12.4 Å². The van der Waals surface area contributed by atoms with Crippen molar-refractivity contribution in [1.29, 1.82) is 0 Å². The number of hydrogen-bond acceptors (Lipinski definition) is 2. The predicted molar refractivity (Wildman–Crippen MR) is 48.3 cm³/mol. The zero-order chi connectivity index (χ0) is 9.42. The molecule has 2 rings (SSSR count). The summed E-state index contributed by atoms with van der Waals surface area (Å²) in [6.07, 6.45) is 3.44. The van der Waals surface area contributed by atoms with E-state index in [0.29, 0.717) is 11.7 Å². The van der Waals surface area contributed by atoms with Crippen LogP contribution in [0.1, 0.15) is 17.5 Å². The summed E-state index contributed by atoms with van der Waals surface area (Å²) in [5.41, 5.74) is 0. The highest BCUT2D eigenvalue weighted by molar-refractivity contribution is 5.91. The Bertz CT molecular complexity index is 325. The number of rotatable bonds is 1. The molecule has 4 nitrogen and oxygen atoms in total. The van der Waals surface area contributed by atoms with E-state index in [0.717, 1.165) is 13.1 Å². The normalized spacial score (nSPS) is 17.2. The van der Waals surface area contributed by atoms with Crippen molar-refractivity contribution in [2.75, 3.05) is 13.1 Å². The summed E-state index contributed by atoms with van der Waals surface area (Å²) in [5.74, 6) is 1.22. The van der Waals surface area contributed by atoms with Gasteiger partial charge in [-0.1, -0.05) is 6.92 Å². The third-order valence-electron chi connectivity index (χ3n) is 2.36. The van der Waals surface area contributed by atoms with Crippen LogP contribution in [-0.2, 0) is 7.05 Å². The molecule has 1 aromatic rings. The van der Waals surface area contributed by atoms with Crippen LogP contribution in [0.2, 0.25) is 0 Å². The third-order valence-corrected chi connectivity index (χ3v) is 2.36. The van der Waals surface area contributed by atoms with E-state index < -0.39 is 0 Å². The lowest BCUT2D eigenvalue weighted by Gasteiger charge is -2.36. The topological polar surface area (TPSA) is 38.1 Å². The van der Waals surface area contributed by atoms with E-state index >= 15 is 0 Å². The van der Waals surface area contributed by atoms with Gasteiger partial charge in [-0.3, -0.25) is 4.79 Å². The van der Waals surface area contributed by atoms with Crippen molar-refractivity contribution in [3.63, 3.8) is 0 Å². The first-order valence-corrected chi connectivity index (χ1v) is 4.45. The smallest absolute Gasteiger partial charge is 0.289 e. The van der Waals surface area contributed by atoms with Crippen LogP contribution in [0.25, 0.3) is 0 Å². The molecule has 1 aliphatic rings. The van der Waals surface area contributed by atoms with E-state index in [-0.39, 0.29) is 5.91 Å². The molecule has 2 heterocycles. The average Bonchev–Trinajstić information content (AvgIpc) is 2.44. The highest BCUT2D eigenvalue weighted by Crippen LogP contribution is 2.16. The first-order valence-electron chi connectivity index (χ1n) is 4.45. The fourth-order valence-electron chi connectivity index (χ4n) is 1.58. The van der Waals surface area contributed by atoms with Gasteiger partial charge in [0.15, 0.2) is 5.82 Å². The Morgan fingerprint density at radius 3 is 2.77 bits per heavy atom. The van der Waals surface area contributed by atoms with Gasteiger partial charge in [0.05, 0.1) is 0 Å². The molecule has 13 heavy (non-hydrogen) atoms. The molecule has 0 radical (unpaired) electrons. The van der Waals surface area contributed by atoms with E-state index in [4.69, 9.17) is 0 Å². The molecule has 1 aromatic heterocycles. The fraction of sp³-hybridized carbons (Fsp3) is 0.556. The number of carbonyl (C=O) groups excluding carboxylic acids is 1. The molecule has 4 heteroatoms. The number of amides is 1. The fourth-order valence-corrected chi connectivity index (χ4v) is 1.58. The van der Waals surface area contributed by atoms with Gasteiger partial charge in [-0.2, -0.15) is 0 Å². The molecule has 0 atom stereocenters. The zero-order valence-corrected chi connectivity index (χ0v) is 7.90. The van der Waals surface area contributed by atoms with Gasteiger partial charge >= 0.3 is 0 Å². The van der Waals surface area contributed by atoms with E-state index in [1.54, 1.807) is 17.0 Å². The summed E-state index contributed by atoms with van der Waals surface area (Å²) < 4.78 is 1.76. The second-order valence-electron chi connectivity index (χ2n) is 3.68. The second kappa shape index (κ2) is 2.87. The zero-order valence-electron chi connectivity index (χ0n) is 7.90. The molecular weight excluding hydrogens is 166 g/mol. The van der Waals surface area contributed by atoms with E-state index in [9.17, 15) is 4.79 Å². The van der Waals surface area contributed by atoms with E-state index in [1.807, 2.05) is 11.9 Å². The van der Waals surface area contributed by atoms with Crippen molar-refractivity contribution in [3.8, 4) is 0 Å². The predicted octanol–water partition coefficient (Wildman–Crippen LogP) is 0.512. The number of carbonyl (C=O) groups is 1. The van der Waals surface area contributed by atoms with Gasteiger partial charge in [0.25, 0.3) is 5.91 Å². The van der Waals surface area contributed by atoms with Crippen LogP contribution < -0.4 is 0 Å². The van der Waals surface area contributed by atoms with Crippen LogP contribution in [0.3, 0.4) is 0 Å². The van der Waals surface area contributed by atoms with Crippen molar-refractivity contribution < 1.29 is 4.79 Å². The number of hydrogen-bond donors (Lipinski definition) is 0. The Morgan fingerprint density at radius 2 is 2.31 bits per heavy atom. The molecule has 0 aliphatic carbocycles. The maximum absolute atomic E-state index is 11.7. The molecule has 1 fully saturated rings. The molecule has 70 valence electrons. The van der Waals surface area contributed by atoms with Crippen LogP contribution in [0, 0.1) is 5.92 Å². The Labute approximate surface area is 77.2 Å². The Morgan fingerprint density at radius 1 is 1.62 bits per heavy atom. The highest BCUT2D eigenvalue weighted by atomic mass is 16.2. The summed E-state index contributed by atoms with van der Waals surface area (Å²) in [5, 5.41) is 0. The molecular formula is C9H13N3O. The van der Waals surface area contributed by atoms with Crippen LogP contribution in [0.5, 0.6) is 0 Å². The quantitative estimate of drug-likeness (QED) is 0.630. The van der Waals surface area contributed by atoms with Crippen LogP contribution in [-0.4, -0.2) is 33.4 Å². The number of aromatic nitrogens is 2. The summed E-state index contributed by atoms with van der Waals surface area (Å²) in [4.78, 5) is 17.5. The Balaban J connectivity index is 2.10. The highest BCUT2D eigenvalue weighted by Gasteiger charge is 2.29. The monoisotopic (exact) mass is 179 g/mol. The molecule has 0 spiro atoms. The Hall–Kier alpha value is -1.32. The molecule has 1 amide bonds. The lowest BCUT2D eigenvalue weighted by molar-refractivity contribution is 0.0514. The summed E-state index contributed by atoms with van der Waals surface area (Å²) in [6.45, 7) is 3.87. The van der Waals surface area contributed by atoms with Crippen molar-refractivity contribution >= 4 is 5.91 Å². The molecule has 0 saturated carbocycles. The van der Waals surface area contributed by atoms with Crippen molar-refractivity contribution in [3.05, 3.63) is 18.2 Å². The standard InChI is InChI=1S/C9H13N3O/c1-7-5-12(6-7)9(13)8-10-3-4-11(8)2/h3-4,7H,5-6H2,1-2H3. The van der Waals surface area contributed by atoms with Gasteiger partial charge < -0.3 is 9.47 Å². The summed E-state index contributed by atoms with van der Waals surface area (Å²) >= 11 is 0. The number of imidazole rings is 1.